The predicted octanol–water partition coefficient (Wildman–Crippen LogP) is 1.73. The number of piperidine rings is 1. The molecule has 3 saturated heterocycles. The molecule has 7 heteroatoms. The lowest BCUT2D eigenvalue weighted by Crippen LogP contribution is -2.69. The maximum atomic E-state index is 13.8. The van der Waals surface area contributed by atoms with Crippen LogP contribution in [0, 0.1) is 5.82 Å². The maximum absolute atomic E-state index is 13.8. The minimum atomic E-state index is -0.221. The SMILES string of the molecule is Fc1cccnc1CN1CC2CC(C1)N2c1ccn2nccc2n1. The third-order valence-electron chi connectivity index (χ3n) is 4.98. The fourth-order valence-electron chi connectivity index (χ4n) is 3.89. The first-order valence-corrected chi connectivity index (χ1v) is 8.18. The first-order chi connectivity index (χ1) is 11.8. The van der Waals surface area contributed by atoms with Crippen molar-refractivity contribution in [2.75, 3.05) is 18.0 Å². The van der Waals surface area contributed by atoms with Crippen molar-refractivity contribution >= 4 is 11.5 Å². The molecule has 0 saturated carbocycles. The molecule has 2 atom stereocenters. The van der Waals surface area contributed by atoms with E-state index in [4.69, 9.17) is 4.98 Å². The van der Waals surface area contributed by atoms with Crippen LogP contribution in [0.4, 0.5) is 10.2 Å². The number of hydrogen-bond donors (Lipinski definition) is 0. The highest BCUT2D eigenvalue weighted by Crippen LogP contribution is 2.36. The smallest absolute Gasteiger partial charge is 0.157 e. The molecule has 6 nitrogen and oxygen atoms in total. The van der Waals surface area contributed by atoms with Crippen molar-refractivity contribution in [3.8, 4) is 0 Å². The molecular weight excluding hydrogens is 307 g/mol. The number of nitrogens with zero attached hydrogens (tertiary/aromatic N) is 6. The van der Waals surface area contributed by atoms with Gasteiger partial charge < -0.3 is 4.90 Å². The summed E-state index contributed by atoms with van der Waals surface area (Å²) in [6.45, 7) is 2.40. The topological polar surface area (TPSA) is 49.6 Å². The molecule has 3 aliphatic rings. The van der Waals surface area contributed by atoms with E-state index in [1.54, 1.807) is 23.0 Å². The van der Waals surface area contributed by atoms with Crippen LogP contribution >= 0.6 is 0 Å². The summed E-state index contributed by atoms with van der Waals surface area (Å²) >= 11 is 0. The highest BCUT2D eigenvalue weighted by Gasteiger charge is 2.45. The zero-order valence-electron chi connectivity index (χ0n) is 13.1. The Hall–Kier alpha value is -2.54. The summed E-state index contributed by atoms with van der Waals surface area (Å²) < 4.78 is 15.6. The van der Waals surface area contributed by atoms with Crippen LogP contribution in [0.2, 0.25) is 0 Å². The molecule has 6 rings (SSSR count). The molecule has 24 heavy (non-hydrogen) atoms. The van der Waals surface area contributed by atoms with Gasteiger partial charge in [-0.3, -0.25) is 9.88 Å². The van der Waals surface area contributed by atoms with Crippen molar-refractivity contribution in [1.29, 1.82) is 0 Å². The molecule has 2 bridgehead atoms. The molecule has 0 amide bonds. The lowest BCUT2D eigenvalue weighted by atomic mass is 9.87. The van der Waals surface area contributed by atoms with Crippen LogP contribution in [0.25, 0.3) is 5.65 Å². The van der Waals surface area contributed by atoms with Crippen molar-refractivity contribution in [3.05, 3.63) is 54.4 Å². The van der Waals surface area contributed by atoms with Gasteiger partial charge in [0.2, 0.25) is 0 Å². The quantitative estimate of drug-likeness (QED) is 0.734. The third-order valence-corrected chi connectivity index (χ3v) is 4.98. The Bertz CT molecular complexity index is 881. The van der Waals surface area contributed by atoms with Crippen LogP contribution in [0.1, 0.15) is 12.1 Å². The van der Waals surface area contributed by atoms with Crippen molar-refractivity contribution in [2.45, 2.75) is 25.0 Å². The number of rotatable bonds is 3. The van der Waals surface area contributed by atoms with Gasteiger partial charge in [-0.1, -0.05) is 0 Å². The molecule has 3 fully saturated rings. The van der Waals surface area contributed by atoms with E-state index in [0.29, 0.717) is 24.3 Å². The molecule has 3 aromatic heterocycles. The standard InChI is InChI=1S/C17H17FN6/c18-14-2-1-5-19-15(14)11-22-9-12-8-13(10-22)24(12)17-4-7-23-16(21-17)3-6-20-23/h1-7,12-13H,8-11H2. The van der Waals surface area contributed by atoms with Crippen molar-refractivity contribution in [2.24, 2.45) is 0 Å². The monoisotopic (exact) mass is 324 g/mol. The Labute approximate surface area is 138 Å². The van der Waals surface area contributed by atoms with Gasteiger partial charge in [0.05, 0.1) is 11.9 Å². The molecule has 2 unspecified atom stereocenters. The van der Waals surface area contributed by atoms with Gasteiger partial charge in [0.1, 0.15) is 11.6 Å². The van der Waals surface area contributed by atoms with Crippen LogP contribution in [-0.2, 0) is 6.54 Å². The molecule has 0 radical (unpaired) electrons. The number of piperazine rings is 1. The van der Waals surface area contributed by atoms with Gasteiger partial charge in [0.25, 0.3) is 0 Å². The summed E-state index contributed by atoms with van der Waals surface area (Å²) in [7, 11) is 0. The molecule has 122 valence electrons. The number of pyridine rings is 1. The summed E-state index contributed by atoms with van der Waals surface area (Å²) in [4.78, 5) is 13.5. The minimum Gasteiger partial charge on any atom is -0.348 e. The van der Waals surface area contributed by atoms with Crippen LogP contribution in [0.15, 0.2) is 42.9 Å². The Morgan fingerprint density at radius 3 is 2.83 bits per heavy atom. The zero-order chi connectivity index (χ0) is 16.1. The molecule has 0 N–H and O–H groups in total. The van der Waals surface area contributed by atoms with E-state index in [2.05, 4.69) is 19.9 Å². The Morgan fingerprint density at radius 1 is 1.12 bits per heavy atom. The van der Waals surface area contributed by atoms with E-state index in [1.165, 1.54) is 12.5 Å². The number of aromatic nitrogens is 4. The van der Waals surface area contributed by atoms with Crippen LogP contribution in [0.5, 0.6) is 0 Å². The summed E-state index contributed by atoms with van der Waals surface area (Å²) in [5, 5.41) is 4.19. The van der Waals surface area contributed by atoms with Gasteiger partial charge in [-0.05, 0) is 24.6 Å². The second-order valence-electron chi connectivity index (χ2n) is 6.50. The van der Waals surface area contributed by atoms with Gasteiger partial charge in [0, 0.05) is 50.2 Å². The molecule has 0 spiro atoms. The maximum Gasteiger partial charge on any atom is 0.157 e. The lowest BCUT2D eigenvalue weighted by molar-refractivity contribution is 0.105. The normalized spacial score (nSPS) is 23.5. The fraction of sp³-hybridized carbons (Fsp3) is 0.353. The molecule has 0 aromatic carbocycles. The fourth-order valence-corrected chi connectivity index (χ4v) is 3.89. The Kier molecular flexibility index (Phi) is 3.02. The molecular formula is C17H17FN6. The second kappa shape index (κ2) is 5.24. The van der Waals surface area contributed by atoms with Gasteiger partial charge in [-0.15, -0.1) is 0 Å². The molecule has 3 aliphatic heterocycles. The van der Waals surface area contributed by atoms with E-state index >= 15 is 0 Å². The van der Waals surface area contributed by atoms with Crippen molar-refractivity contribution in [1.82, 2.24) is 24.5 Å². The highest BCUT2D eigenvalue weighted by atomic mass is 19.1. The second-order valence-corrected chi connectivity index (χ2v) is 6.50. The van der Waals surface area contributed by atoms with E-state index in [-0.39, 0.29) is 5.82 Å². The average molecular weight is 324 g/mol. The summed E-state index contributed by atoms with van der Waals surface area (Å²) in [6.07, 6.45) is 6.53. The van der Waals surface area contributed by atoms with E-state index in [1.807, 2.05) is 18.3 Å². The van der Waals surface area contributed by atoms with Crippen LogP contribution in [0.3, 0.4) is 0 Å². The van der Waals surface area contributed by atoms with E-state index < -0.39 is 0 Å². The van der Waals surface area contributed by atoms with Crippen LogP contribution in [-0.4, -0.2) is 49.7 Å². The number of hydrogen-bond acceptors (Lipinski definition) is 5. The van der Waals surface area contributed by atoms with Gasteiger partial charge in [-0.2, -0.15) is 5.10 Å². The molecule has 0 aliphatic carbocycles. The Balaban J connectivity index is 1.32. The molecule has 6 heterocycles. The number of halogens is 1. The molecule has 3 aromatic rings. The minimum absolute atomic E-state index is 0.221. The number of fused-ring (bicyclic) bond motifs is 3. The zero-order valence-corrected chi connectivity index (χ0v) is 13.1. The van der Waals surface area contributed by atoms with Crippen LogP contribution < -0.4 is 4.90 Å². The summed E-state index contributed by atoms with van der Waals surface area (Å²) in [5.41, 5.74) is 1.40. The van der Waals surface area contributed by atoms with Gasteiger partial charge >= 0.3 is 0 Å². The highest BCUT2D eigenvalue weighted by molar-refractivity contribution is 5.51. The Morgan fingerprint density at radius 2 is 2.00 bits per heavy atom. The van der Waals surface area contributed by atoms with Crippen molar-refractivity contribution in [3.63, 3.8) is 0 Å². The predicted molar refractivity (Wildman–Crippen MR) is 87.1 cm³/mol. The third kappa shape index (κ3) is 2.16. The van der Waals surface area contributed by atoms with Crippen molar-refractivity contribution < 1.29 is 4.39 Å². The van der Waals surface area contributed by atoms with Gasteiger partial charge in [0.15, 0.2) is 5.65 Å². The van der Waals surface area contributed by atoms with E-state index in [9.17, 15) is 4.39 Å². The summed E-state index contributed by atoms with van der Waals surface area (Å²) in [6, 6.07) is 7.92. The largest absolute Gasteiger partial charge is 0.348 e. The number of anilines is 1. The first-order valence-electron chi connectivity index (χ1n) is 8.18. The average Bonchev–Trinajstić information content (AvgIpc) is 3.05. The van der Waals surface area contributed by atoms with Gasteiger partial charge in [-0.25, -0.2) is 13.9 Å². The summed E-state index contributed by atoms with van der Waals surface area (Å²) in [5.74, 6) is 0.786. The lowest BCUT2D eigenvalue weighted by Gasteiger charge is -2.57. The van der Waals surface area contributed by atoms with E-state index in [0.717, 1.165) is 24.6 Å². The first kappa shape index (κ1) is 13.9.